The van der Waals surface area contributed by atoms with Crippen molar-refractivity contribution in [1.29, 1.82) is 0 Å². The molecular formula is C16H18ClNO4S. The molecule has 1 atom stereocenters. The van der Waals surface area contributed by atoms with Crippen molar-refractivity contribution < 1.29 is 17.6 Å². The minimum Gasteiger partial charge on any atom is -0.468 e. The van der Waals surface area contributed by atoms with E-state index >= 15 is 0 Å². The summed E-state index contributed by atoms with van der Waals surface area (Å²) in [7, 11) is -3.72. The van der Waals surface area contributed by atoms with Crippen LogP contribution in [0.5, 0.6) is 0 Å². The smallest absolute Gasteiger partial charge is 0.220 e. The third kappa shape index (κ3) is 4.36. The summed E-state index contributed by atoms with van der Waals surface area (Å²) in [6.45, 7) is 1.84. The first-order chi connectivity index (χ1) is 10.9. The first-order valence-electron chi connectivity index (χ1n) is 7.24. The minimum absolute atomic E-state index is 0.0443. The minimum atomic E-state index is -3.72. The van der Waals surface area contributed by atoms with Crippen molar-refractivity contribution in [3.05, 3.63) is 53.4 Å². The Hall–Kier alpha value is -1.79. The van der Waals surface area contributed by atoms with E-state index < -0.39 is 15.1 Å². The highest BCUT2D eigenvalue weighted by atomic mass is 35.5. The Morgan fingerprint density at radius 2 is 1.96 bits per heavy atom. The van der Waals surface area contributed by atoms with Gasteiger partial charge in [-0.05, 0) is 42.8 Å². The van der Waals surface area contributed by atoms with Crippen LogP contribution < -0.4 is 5.32 Å². The average Bonchev–Trinajstić information content (AvgIpc) is 3.02. The highest BCUT2D eigenvalue weighted by molar-refractivity contribution is 7.91. The molecule has 1 heterocycles. The van der Waals surface area contributed by atoms with E-state index in [1.54, 1.807) is 12.1 Å². The monoisotopic (exact) mass is 355 g/mol. The number of carbonyl (C=O) groups excluding carboxylic acids is 1. The number of hydrogen-bond donors (Lipinski definition) is 1. The molecule has 23 heavy (non-hydrogen) atoms. The van der Waals surface area contributed by atoms with Crippen LogP contribution in [-0.4, -0.2) is 20.9 Å². The zero-order valence-corrected chi connectivity index (χ0v) is 14.2. The molecule has 0 unspecified atom stereocenters. The van der Waals surface area contributed by atoms with E-state index in [1.807, 2.05) is 6.92 Å². The van der Waals surface area contributed by atoms with E-state index in [0.29, 0.717) is 17.9 Å². The van der Waals surface area contributed by atoms with Crippen molar-refractivity contribution >= 4 is 27.3 Å². The summed E-state index contributed by atoms with van der Waals surface area (Å²) in [6.07, 6.45) is 2.46. The number of rotatable bonds is 7. The van der Waals surface area contributed by atoms with Crippen LogP contribution in [0.25, 0.3) is 0 Å². The van der Waals surface area contributed by atoms with Crippen LogP contribution in [0.4, 0.5) is 0 Å². The molecule has 7 heteroatoms. The fourth-order valence-electron chi connectivity index (χ4n) is 2.15. The normalized spacial score (nSPS) is 12.8. The van der Waals surface area contributed by atoms with E-state index in [-0.39, 0.29) is 23.1 Å². The van der Waals surface area contributed by atoms with Gasteiger partial charge < -0.3 is 9.73 Å². The Labute approximate surface area is 140 Å². The van der Waals surface area contributed by atoms with E-state index in [2.05, 4.69) is 5.32 Å². The van der Waals surface area contributed by atoms with Gasteiger partial charge in [0.25, 0.3) is 0 Å². The molecule has 0 aliphatic carbocycles. The van der Waals surface area contributed by atoms with Crippen LogP contribution in [0, 0.1) is 0 Å². The second-order valence-electron chi connectivity index (χ2n) is 5.06. The largest absolute Gasteiger partial charge is 0.468 e. The van der Waals surface area contributed by atoms with Crippen LogP contribution in [0.2, 0.25) is 5.02 Å². The third-order valence-electron chi connectivity index (χ3n) is 3.34. The van der Waals surface area contributed by atoms with Crippen LogP contribution in [0.15, 0.2) is 52.0 Å². The van der Waals surface area contributed by atoms with Crippen molar-refractivity contribution in [3.63, 3.8) is 0 Å². The van der Waals surface area contributed by atoms with Gasteiger partial charge in [0.05, 0.1) is 11.2 Å². The third-order valence-corrected chi connectivity index (χ3v) is 5.67. The van der Waals surface area contributed by atoms with Crippen molar-refractivity contribution in [2.45, 2.75) is 29.9 Å². The molecule has 0 bridgehead atoms. The summed E-state index contributed by atoms with van der Waals surface area (Å²) in [6, 6.07) is 9.13. The maximum absolute atomic E-state index is 12.9. The zero-order valence-electron chi connectivity index (χ0n) is 12.7. The lowest BCUT2D eigenvalue weighted by molar-refractivity contribution is -0.121. The molecule has 0 saturated carbocycles. The summed E-state index contributed by atoms with van der Waals surface area (Å²) >= 11 is 5.81. The fraction of sp³-hybridized carbons (Fsp3) is 0.312. The molecule has 1 aromatic heterocycles. The molecule has 1 N–H and O–H groups in total. The second kappa shape index (κ2) is 7.66. The summed E-state index contributed by atoms with van der Waals surface area (Å²) in [4.78, 5) is 11.8. The van der Waals surface area contributed by atoms with Gasteiger partial charge >= 0.3 is 0 Å². The molecule has 2 aromatic rings. The molecule has 2 rings (SSSR count). The van der Waals surface area contributed by atoms with Gasteiger partial charge in [-0.3, -0.25) is 4.79 Å². The lowest BCUT2D eigenvalue weighted by atomic mass is 10.3. The molecule has 1 aromatic carbocycles. The highest BCUT2D eigenvalue weighted by Gasteiger charge is 2.31. The van der Waals surface area contributed by atoms with Crippen LogP contribution >= 0.6 is 11.6 Å². The Bertz CT molecular complexity index is 739. The van der Waals surface area contributed by atoms with E-state index in [0.717, 1.165) is 0 Å². The van der Waals surface area contributed by atoms with Gasteiger partial charge in [0.2, 0.25) is 5.91 Å². The van der Waals surface area contributed by atoms with Gasteiger partial charge in [0.15, 0.2) is 9.84 Å². The summed E-state index contributed by atoms with van der Waals surface area (Å²) < 4.78 is 31.0. The molecule has 0 aliphatic heterocycles. The zero-order chi connectivity index (χ0) is 16.9. The lowest BCUT2D eigenvalue weighted by Crippen LogP contribution is -2.31. The SMILES string of the molecule is CCCC(=O)NC[C@H](c1ccco1)S(=O)(=O)c1ccc(Cl)cc1. The number of carbonyl (C=O) groups is 1. The summed E-state index contributed by atoms with van der Waals surface area (Å²) in [5.41, 5.74) is 0. The lowest BCUT2D eigenvalue weighted by Gasteiger charge is -2.16. The molecule has 0 fully saturated rings. The molecular weight excluding hydrogens is 338 g/mol. The Morgan fingerprint density at radius 3 is 2.52 bits per heavy atom. The summed E-state index contributed by atoms with van der Waals surface area (Å²) in [5, 5.41) is 2.12. The maximum atomic E-state index is 12.9. The van der Waals surface area contributed by atoms with E-state index in [9.17, 15) is 13.2 Å². The predicted octanol–water partition coefficient (Wildman–Crippen LogP) is 3.36. The van der Waals surface area contributed by atoms with Gasteiger partial charge in [-0.2, -0.15) is 0 Å². The molecule has 0 aliphatic rings. The molecule has 0 radical (unpaired) electrons. The number of benzene rings is 1. The second-order valence-corrected chi connectivity index (χ2v) is 7.62. The maximum Gasteiger partial charge on any atom is 0.220 e. The van der Waals surface area contributed by atoms with Crippen LogP contribution in [0.1, 0.15) is 30.8 Å². The van der Waals surface area contributed by atoms with Gasteiger partial charge in [0, 0.05) is 18.0 Å². The number of hydrogen-bond acceptors (Lipinski definition) is 4. The molecule has 5 nitrogen and oxygen atoms in total. The Morgan fingerprint density at radius 1 is 1.26 bits per heavy atom. The molecule has 0 spiro atoms. The highest BCUT2D eigenvalue weighted by Crippen LogP contribution is 2.29. The van der Waals surface area contributed by atoms with E-state index in [4.69, 9.17) is 16.0 Å². The van der Waals surface area contributed by atoms with Gasteiger partial charge in [-0.15, -0.1) is 0 Å². The Balaban J connectivity index is 2.29. The van der Waals surface area contributed by atoms with Crippen molar-refractivity contribution in [2.24, 2.45) is 0 Å². The quantitative estimate of drug-likeness (QED) is 0.826. The molecule has 124 valence electrons. The predicted molar refractivity (Wildman–Crippen MR) is 88.0 cm³/mol. The number of furan rings is 1. The first-order valence-corrected chi connectivity index (χ1v) is 9.17. The summed E-state index contributed by atoms with van der Waals surface area (Å²) in [5.74, 6) is 0.104. The number of nitrogens with one attached hydrogen (secondary N) is 1. The first kappa shape index (κ1) is 17.6. The van der Waals surface area contributed by atoms with Crippen molar-refractivity contribution in [1.82, 2.24) is 5.32 Å². The van der Waals surface area contributed by atoms with E-state index in [1.165, 1.54) is 30.5 Å². The number of sulfone groups is 1. The van der Waals surface area contributed by atoms with Gasteiger partial charge in [0.1, 0.15) is 11.0 Å². The van der Waals surface area contributed by atoms with Gasteiger partial charge in [-0.1, -0.05) is 18.5 Å². The van der Waals surface area contributed by atoms with Crippen LogP contribution in [0.3, 0.4) is 0 Å². The average molecular weight is 356 g/mol. The number of halogens is 1. The van der Waals surface area contributed by atoms with Crippen LogP contribution in [-0.2, 0) is 14.6 Å². The van der Waals surface area contributed by atoms with Crippen molar-refractivity contribution in [2.75, 3.05) is 6.54 Å². The molecule has 0 saturated heterocycles. The van der Waals surface area contributed by atoms with Crippen molar-refractivity contribution in [3.8, 4) is 0 Å². The topological polar surface area (TPSA) is 76.4 Å². The molecule has 1 amide bonds. The standard InChI is InChI=1S/C16H18ClNO4S/c1-2-4-16(19)18-11-15(14-5-3-10-22-14)23(20,21)13-8-6-12(17)7-9-13/h3,5-10,15H,2,4,11H2,1H3,(H,18,19)/t15-/m1/s1. The Kier molecular flexibility index (Phi) is 5.85. The number of amides is 1. The fourth-order valence-corrected chi connectivity index (χ4v) is 3.86. The van der Waals surface area contributed by atoms with Gasteiger partial charge in [-0.25, -0.2) is 8.42 Å².